The Morgan fingerprint density at radius 3 is 3.06 bits per heavy atom. The van der Waals surface area contributed by atoms with Crippen LogP contribution in [0.4, 0.5) is 0 Å². The van der Waals surface area contributed by atoms with Crippen LogP contribution in [0.2, 0.25) is 0 Å². The van der Waals surface area contributed by atoms with Gasteiger partial charge in [-0.15, -0.1) is 22.7 Å². The first-order chi connectivity index (χ1) is 8.81. The first-order valence-electron chi connectivity index (χ1n) is 5.18. The monoisotopic (exact) mass is 273 g/mol. The quantitative estimate of drug-likeness (QED) is 0.721. The van der Waals surface area contributed by atoms with E-state index >= 15 is 0 Å². The molecular formula is C12H7N3OS2. The second kappa shape index (κ2) is 4.37. The number of rotatable bonds is 2. The lowest BCUT2D eigenvalue weighted by molar-refractivity contribution is 0.777. The smallest absolute Gasteiger partial charge is 0.263 e. The third-order valence-corrected chi connectivity index (χ3v) is 4.38. The predicted octanol–water partition coefficient (Wildman–Crippen LogP) is 2.71. The van der Waals surface area contributed by atoms with E-state index in [1.54, 1.807) is 11.3 Å². The van der Waals surface area contributed by atoms with Gasteiger partial charge in [0.05, 0.1) is 11.5 Å². The molecule has 3 aromatic rings. The maximum absolute atomic E-state index is 12.3. The molecule has 0 unspecified atom stereocenters. The largest absolute Gasteiger partial charge is 0.285 e. The van der Waals surface area contributed by atoms with Gasteiger partial charge < -0.3 is 0 Å². The molecule has 0 aliphatic rings. The van der Waals surface area contributed by atoms with Crippen molar-refractivity contribution in [2.24, 2.45) is 0 Å². The molecule has 0 spiro atoms. The number of hydrogen-bond donors (Lipinski definition) is 0. The van der Waals surface area contributed by atoms with Crippen molar-refractivity contribution in [3.8, 4) is 16.5 Å². The van der Waals surface area contributed by atoms with Crippen LogP contribution in [0.15, 0.2) is 34.0 Å². The van der Waals surface area contributed by atoms with Gasteiger partial charge in [-0.2, -0.15) is 5.26 Å². The minimum absolute atomic E-state index is 0.0293. The molecule has 3 rings (SSSR count). The van der Waals surface area contributed by atoms with Crippen molar-refractivity contribution in [1.29, 1.82) is 5.26 Å². The first kappa shape index (κ1) is 11.1. The summed E-state index contributed by atoms with van der Waals surface area (Å²) in [5, 5.41) is 13.2. The summed E-state index contributed by atoms with van der Waals surface area (Å²) in [5.41, 5.74) is 0.765. The van der Waals surface area contributed by atoms with Gasteiger partial charge in [-0.1, -0.05) is 6.07 Å². The van der Waals surface area contributed by atoms with Gasteiger partial charge in [-0.05, 0) is 11.4 Å². The molecule has 0 aromatic carbocycles. The number of fused-ring (bicyclic) bond motifs is 1. The van der Waals surface area contributed by atoms with Crippen LogP contribution < -0.4 is 5.56 Å². The molecular weight excluding hydrogens is 266 g/mol. The lowest BCUT2D eigenvalue weighted by Gasteiger charge is -2.00. The Hall–Kier alpha value is -1.97. The van der Waals surface area contributed by atoms with Crippen molar-refractivity contribution >= 4 is 32.9 Å². The fourth-order valence-electron chi connectivity index (χ4n) is 1.77. The highest BCUT2D eigenvalue weighted by Crippen LogP contribution is 2.33. The Morgan fingerprint density at radius 2 is 2.33 bits per heavy atom. The highest BCUT2D eigenvalue weighted by molar-refractivity contribution is 7.18. The van der Waals surface area contributed by atoms with Crippen molar-refractivity contribution in [3.63, 3.8) is 0 Å². The number of aromatic nitrogens is 2. The van der Waals surface area contributed by atoms with Gasteiger partial charge in [0.25, 0.3) is 5.56 Å². The molecule has 18 heavy (non-hydrogen) atoms. The van der Waals surface area contributed by atoms with Crippen LogP contribution in [0.3, 0.4) is 0 Å². The van der Waals surface area contributed by atoms with Crippen LogP contribution in [0, 0.1) is 11.3 Å². The van der Waals surface area contributed by atoms with Gasteiger partial charge >= 0.3 is 0 Å². The van der Waals surface area contributed by atoms with Crippen molar-refractivity contribution in [2.45, 2.75) is 6.54 Å². The Morgan fingerprint density at radius 1 is 1.44 bits per heavy atom. The average Bonchev–Trinajstić information content (AvgIpc) is 3.00. The van der Waals surface area contributed by atoms with Gasteiger partial charge in [0.1, 0.15) is 17.7 Å². The van der Waals surface area contributed by atoms with E-state index in [1.807, 2.05) is 29.0 Å². The summed E-state index contributed by atoms with van der Waals surface area (Å²) in [6.07, 6.45) is 1.43. The van der Waals surface area contributed by atoms with Crippen molar-refractivity contribution in [2.75, 3.05) is 0 Å². The van der Waals surface area contributed by atoms with Gasteiger partial charge in [0, 0.05) is 15.8 Å². The van der Waals surface area contributed by atoms with Crippen molar-refractivity contribution in [3.05, 3.63) is 39.6 Å². The van der Waals surface area contributed by atoms with Crippen molar-refractivity contribution < 1.29 is 0 Å². The highest BCUT2D eigenvalue weighted by atomic mass is 32.1. The summed E-state index contributed by atoms with van der Waals surface area (Å²) in [4.78, 5) is 18.3. The zero-order chi connectivity index (χ0) is 12.5. The molecule has 0 bridgehead atoms. The van der Waals surface area contributed by atoms with E-state index in [9.17, 15) is 4.79 Å². The average molecular weight is 273 g/mol. The van der Waals surface area contributed by atoms with Crippen LogP contribution in [0.1, 0.15) is 0 Å². The highest BCUT2D eigenvalue weighted by Gasteiger charge is 2.13. The molecule has 3 aromatic heterocycles. The standard InChI is InChI=1S/C12H7N3OS2/c13-3-4-15-7-14-11-10(12(15)16)8(6-18-11)9-2-1-5-17-9/h1-2,5-7H,4H2. The summed E-state index contributed by atoms with van der Waals surface area (Å²) in [7, 11) is 0. The molecule has 6 heteroatoms. The summed E-state index contributed by atoms with van der Waals surface area (Å²) >= 11 is 3.04. The predicted molar refractivity (Wildman–Crippen MR) is 72.8 cm³/mol. The Labute approximate surface area is 110 Å². The molecule has 88 valence electrons. The van der Waals surface area contributed by atoms with E-state index in [-0.39, 0.29) is 12.1 Å². The van der Waals surface area contributed by atoms with E-state index in [0.29, 0.717) is 5.39 Å². The number of nitriles is 1. The Kier molecular flexibility index (Phi) is 2.70. The minimum Gasteiger partial charge on any atom is -0.285 e. The maximum Gasteiger partial charge on any atom is 0.263 e. The van der Waals surface area contributed by atoms with Crippen LogP contribution in [0.5, 0.6) is 0 Å². The number of thiophene rings is 2. The van der Waals surface area contributed by atoms with Crippen molar-refractivity contribution in [1.82, 2.24) is 9.55 Å². The topological polar surface area (TPSA) is 58.7 Å². The third kappa shape index (κ3) is 1.65. The Bertz CT molecular complexity index is 793. The summed E-state index contributed by atoms with van der Waals surface area (Å²) < 4.78 is 1.34. The minimum atomic E-state index is -0.147. The number of nitrogens with zero attached hydrogens (tertiary/aromatic N) is 3. The zero-order valence-corrected chi connectivity index (χ0v) is 10.8. The van der Waals surface area contributed by atoms with Crippen LogP contribution >= 0.6 is 22.7 Å². The molecule has 4 nitrogen and oxygen atoms in total. The SMILES string of the molecule is N#CCn1cnc2scc(-c3cccs3)c2c1=O. The molecule has 0 fully saturated rings. The van der Waals surface area contributed by atoms with E-state index in [4.69, 9.17) is 5.26 Å². The second-order valence-corrected chi connectivity index (χ2v) is 5.45. The fourth-order valence-corrected chi connectivity index (χ4v) is 3.49. The molecule has 0 atom stereocenters. The lowest BCUT2D eigenvalue weighted by Crippen LogP contribution is -2.19. The lowest BCUT2D eigenvalue weighted by atomic mass is 10.2. The molecule has 0 N–H and O–H groups in total. The zero-order valence-electron chi connectivity index (χ0n) is 9.16. The van der Waals surface area contributed by atoms with Crippen LogP contribution in [0.25, 0.3) is 20.7 Å². The van der Waals surface area contributed by atoms with Crippen LogP contribution in [-0.2, 0) is 6.54 Å². The summed E-state index contributed by atoms with van der Waals surface area (Å²) in [6, 6.07) is 5.90. The van der Waals surface area contributed by atoms with E-state index < -0.39 is 0 Å². The summed E-state index contributed by atoms with van der Waals surface area (Å²) in [6.45, 7) is 0.0293. The fraction of sp³-hybridized carbons (Fsp3) is 0.0833. The van der Waals surface area contributed by atoms with E-state index in [0.717, 1.165) is 15.3 Å². The Balaban J connectivity index is 2.33. The van der Waals surface area contributed by atoms with E-state index in [1.165, 1.54) is 22.2 Å². The van der Waals surface area contributed by atoms with Gasteiger partial charge in [0.2, 0.25) is 0 Å². The molecule has 3 heterocycles. The van der Waals surface area contributed by atoms with Gasteiger partial charge in [-0.3, -0.25) is 9.36 Å². The normalized spacial score (nSPS) is 10.6. The molecule has 0 saturated heterocycles. The molecule has 0 aliphatic heterocycles. The second-order valence-electron chi connectivity index (χ2n) is 3.64. The van der Waals surface area contributed by atoms with Crippen LogP contribution in [-0.4, -0.2) is 9.55 Å². The maximum atomic E-state index is 12.3. The molecule has 0 aliphatic carbocycles. The van der Waals surface area contributed by atoms with Gasteiger partial charge in [0.15, 0.2) is 0 Å². The number of hydrogen-bond acceptors (Lipinski definition) is 5. The molecule has 0 saturated carbocycles. The molecule has 0 amide bonds. The first-order valence-corrected chi connectivity index (χ1v) is 6.94. The third-order valence-electron chi connectivity index (χ3n) is 2.59. The van der Waals surface area contributed by atoms with Gasteiger partial charge in [-0.25, -0.2) is 4.98 Å². The molecule has 0 radical (unpaired) electrons. The van der Waals surface area contributed by atoms with E-state index in [2.05, 4.69) is 4.98 Å². The summed E-state index contributed by atoms with van der Waals surface area (Å²) in [5.74, 6) is 0.